The first-order valence-corrected chi connectivity index (χ1v) is 7.21. The Balaban J connectivity index is 1.76. The summed E-state index contributed by atoms with van der Waals surface area (Å²) < 4.78 is 1.07. The SMILES string of the molecule is O=C(Nc1cccc(I)c1)c1ccc(-c2nn[nH]n2)cc1. The van der Waals surface area contributed by atoms with E-state index in [4.69, 9.17) is 0 Å². The van der Waals surface area contributed by atoms with E-state index in [1.807, 2.05) is 24.3 Å². The van der Waals surface area contributed by atoms with Crippen LogP contribution < -0.4 is 5.32 Å². The number of aromatic nitrogens is 4. The molecule has 2 N–H and O–H groups in total. The lowest BCUT2D eigenvalue weighted by Gasteiger charge is -2.06. The smallest absolute Gasteiger partial charge is 0.255 e. The monoisotopic (exact) mass is 391 g/mol. The van der Waals surface area contributed by atoms with Gasteiger partial charge >= 0.3 is 0 Å². The van der Waals surface area contributed by atoms with Gasteiger partial charge in [0, 0.05) is 20.4 Å². The van der Waals surface area contributed by atoms with Gasteiger partial charge in [-0.25, -0.2) is 0 Å². The zero-order chi connectivity index (χ0) is 14.7. The summed E-state index contributed by atoms with van der Waals surface area (Å²) in [7, 11) is 0. The number of anilines is 1. The average Bonchev–Trinajstić information content (AvgIpc) is 3.01. The van der Waals surface area contributed by atoms with E-state index in [0.29, 0.717) is 11.4 Å². The average molecular weight is 391 g/mol. The number of rotatable bonds is 3. The highest BCUT2D eigenvalue weighted by molar-refractivity contribution is 14.1. The van der Waals surface area contributed by atoms with Crippen LogP contribution in [0, 0.1) is 3.57 Å². The number of H-pyrrole nitrogens is 1. The maximum Gasteiger partial charge on any atom is 0.255 e. The number of tetrazole rings is 1. The number of carbonyl (C=O) groups is 1. The minimum atomic E-state index is -0.156. The molecule has 0 aliphatic rings. The van der Waals surface area contributed by atoms with E-state index in [9.17, 15) is 4.79 Å². The molecule has 6 nitrogen and oxygen atoms in total. The van der Waals surface area contributed by atoms with Crippen LogP contribution in [-0.4, -0.2) is 26.5 Å². The number of hydrogen-bond acceptors (Lipinski definition) is 4. The molecule has 0 spiro atoms. The minimum absolute atomic E-state index is 0.156. The quantitative estimate of drug-likeness (QED) is 0.673. The molecule has 0 atom stereocenters. The topological polar surface area (TPSA) is 83.6 Å². The molecule has 0 aliphatic heterocycles. The fourth-order valence-corrected chi connectivity index (χ4v) is 2.37. The maximum absolute atomic E-state index is 12.2. The van der Waals surface area contributed by atoms with Crippen molar-refractivity contribution in [3.05, 3.63) is 57.7 Å². The standard InChI is InChI=1S/C14H10IN5O/c15-11-2-1-3-12(8-11)16-14(21)10-6-4-9(5-7-10)13-17-19-20-18-13/h1-8H,(H,16,21)(H,17,18,19,20). The Morgan fingerprint density at radius 2 is 1.95 bits per heavy atom. The Morgan fingerprint density at radius 3 is 2.62 bits per heavy atom. The molecule has 7 heteroatoms. The van der Waals surface area contributed by atoms with Crippen molar-refractivity contribution < 1.29 is 4.79 Å². The third-order valence-electron chi connectivity index (χ3n) is 2.83. The van der Waals surface area contributed by atoms with Crippen LogP contribution in [0.5, 0.6) is 0 Å². The largest absolute Gasteiger partial charge is 0.322 e. The molecular formula is C14H10IN5O. The molecule has 21 heavy (non-hydrogen) atoms. The van der Waals surface area contributed by atoms with E-state index in [-0.39, 0.29) is 5.91 Å². The van der Waals surface area contributed by atoms with Gasteiger partial charge in [-0.15, -0.1) is 10.2 Å². The van der Waals surface area contributed by atoms with Gasteiger partial charge < -0.3 is 5.32 Å². The summed E-state index contributed by atoms with van der Waals surface area (Å²) in [4.78, 5) is 12.2. The molecule has 0 radical (unpaired) electrons. The van der Waals surface area contributed by atoms with Crippen molar-refractivity contribution in [3.8, 4) is 11.4 Å². The highest BCUT2D eigenvalue weighted by atomic mass is 127. The zero-order valence-electron chi connectivity index (χ0n) is 10.7. The van der Waals surface area contributed by atoms with Crippen molar-refractivity contribution >= 4 is 34.2 Å². The van der Waals surface area contributed by atoms with Crippen LogP contribution in [0.4, 0.5) is 5.69 Å². The van der Waals surface area contributed by atoms with E-state index < -0.39 is 0 Å². The van der Waals surface area contributed by atoms with Crippen molar-refractivity contribution in [2.75, 3.05) is 5.32 Å². The van der Waals surface area contributed by atoms with Gasteiger partial charge in [0.25, 0.3) is 5.91 Å². The van der Waals surface area contributed by atoms with Crippen LogP contribution in [0.15, 0.2) is 48.5 Å². The summed E-state index contributed by atoms with van der Waals surface area (Å²) >= 11 is 2.20. The van der Waals surface area contributed by atoms with Gasteiger partial charge in [-0.2, -0.15) is 5.21 Å². The van der Waals surface area contributed by atoms with Crippen molar-refractivity contribution in [1.82, 2.24) is 20.6 Å². The van der Waals surface area contributed by atoms with E-state index in [0.717, 1.165) is 14.8 Å². The van der Waals surface area contributed by atoms with Crippen molar-refractivity contribution in [1.29, 1.82) is 0 Å². The molecule has 0 saturated carbocycles. The van der Waals surface area contributed by atoms with Gasteiger partial charge in [-0.05, 0) is 58.1 Å². The van der Waals surface area contributed by atoms with Crippen LogP contribution in [0.2, 0.25) is 0 Å². The molecule has 0 saturated heterocycles. The Morgan fingerprint density at radius 1 is 1.14 bits per heavy atom. The Kier molecular flexibility index (Phi) is 3.91. The number of aromatic amines is 1. The van der Waals surface area contributed by atoms with Gasteiger partial charge in [0.05, 0.1) is 0 Å². The predicted octanol–water partition coefficient (Wildman–Crippen LogP) is 2.72. The summed E-state index contributed by atoms with van der Waals surface area (Å²) in [5, 5.41) is 16.5. The molecule has 3 rings (SSSR count). The minimum Gasteiger partial charge on any atom is -0.322 e. The molecule has 0 fully saturated rings. The van der Waals surface area contributed by atoms with Gasteiger partial charge in [-0.3, -0.25) is 4.79 Å². The Bertz CT molecular complexity index is 755. The summed E-state index contributed by atoms with van der Waals surface area (Å²) in [5.41, 5.74) is 2.14. The summed E-state index contributed by atoms with van der Waals surface area (Å²) in [6.07, 6.45) is 0. The van der Waals surface area contributed by atoms with E-state index >= 15 is 0 Å². The van der Waals surface area contributed by atoms with Gasteiger partial charge in [0.1, 0.15) is 0 Å². The summed E-state index contributed by atoms with van der Waals surface area (Å²) in [6.45, 7) is 0. The van der Waals surface area contributed by atoms with E-state index in [1.165, 1.54) is 0 Å². The van der Waals surface area contributed by atoms with Crippen molar-refractivity contribution in [2.24, 2.45) is 0 Å². The number of benzene rings is 2. The fourth-order valence-electron chi connectivity index (χ4n) is 1.82. The second-order valence-electron chi connectivity index (χ2n) is 4.28. The Hall–Kier alpha value is -2.29. The molecule has 0 aliphatic carbocycles. The van der Waals surface area contributed by atoms with Crippen molar-refractivity contribution in [2.45, 2.75) is 0 Å². The number of amides is 1. The van der Waals surface area contributed by atoms with Crippen LogP contribution in [0.25, 0.3) is 11.4 Å². The number of carbonyl (C=O) groups excluding carboxylic acids is 1. The second kappa shape index (κ2) is 6.00. The highest BCUT2D eigenvalue weighted by Crippen LogP contribution is 2.16. The lowest BCUT2D eigenvalue weighted by molar-refractivity contribution is 0.102. The number of nitrogens with zero attached hydrogens (tertiary/aromatic N) is 3. The molecular weight excluding hydrogens is 381 g/mol. The summed E-state index contributed by atoms with van der Waals surface area (Å²) in [6, 6.07) is 14.7. The maximum atomic E-state index is 12.2. The van der Waals surface area contributed by atoms with E-state index in [1.54, 1.807) is 24.3 Å². The molecule has 1 aromatic heterocycles. The van der Waals surface area contributed by atoms with Crippen LogP contribution >= 0.6 is 22.6 Å². The molecule has 104 valence electrons. The molecule has 2 aromatic carbocycles. The predicted molar refractivity (Wildman–Crippen MR) is 86.7 cm³/mol. The number of hydrogen-bond donors (Lipinski definition) is 2. The van der Waals surface area contributed by atoms with Crippen LogP contribution in [-0.2, 0) is 0 Å². The van der Waals surface area contributed by atoms with Crippen LogP contribution in [0.1, 0.15) is 10.4 Å². The first-order chi connectivity index (χ1) is 10.2. The lowest BCUT2D eigenvalue weighted by Crippen LogP contribution is -2.11. The van der Waals surface area contributed by atoms with Gasteiger partial charge in [-0.1, -0.05) is 18.2 Å². The molecule has 3 aromatic rings. The molecule has 1 amide bonds. The zero-order valence-corrected chi connectivity index (χ0v) is 12.9. The first-order valence-electron chi connectivity index (χ1n) is 6.13. The van der Waals surface area contributed by atoms with Crippen LogP contribution in [0.3, 0.4) is 0 Å². The second-order valence-corrected chi connectivity index (χ2v) is 5.52. The molecule has 1 heterocycles. The Labute approximate surface area is 134 Å². The summed E-state index contributed by atoms with van der Waals surface area (Å²) in [5.74, 6) is 0.344. The molecule has 0 bridgehead atoms. The van der Waals surface area contributed by atoms with Gasteiger partial charge in [0.15, 0.2) is 0 Å². The normalized spacial score (nSPS) is 10.3. The lowest BCUT2D eigenvalue weighted by atomic mass is 10.1. The third kappa shape index (κ3) is 3.24. The number of halogens is 1. The van der Waals surface area contributed by atoms with E-state index in [2.05, 4.69) is 48.5 Å². The van der Waals surface area contributed by atoms with Gasteiger partial charge in [0.2, 0.25) is 5.82 Å². The highest BCUT2D eigenvalue weighted by Gasteiger charge is 2.08. The number of nitrogens with one attached hydrogen (secondary N) is 2. The molecule has 0 unspecified atom stereocenters. The fraction of sp³-hybridized carbons (Fsp3) is 0. The first kappa shape index (κ1) is 13.7. The third-order valence-corrected chi connectivity index (χ3v) is 3.50. The van der Waals surface area contributed by atoms with Crippen molar-refractivity contribution in [3.63, 3.8) is 0 Å².